The highest BCUT2D eigenvalue weighted by Crippen LogP contribution is 2.14. The molecule has 16 heavy (non-hydrogen) atoms. The molecule has 1 heterocycles. The van der Waals surface area contributed by atoms with Crippen molar-refractivity contribution >= 4 is 17.7 Å². The number of aryl methyl sites for hydroxylation is 1. The predicted molar refractivity (Wildman–Crippen MR) is 65.0 cm³/mol. The third kappa shape index (κ3) is 2.37. The van der Waals surface area contributed by atoms with Gasteiger partial charge in [0.15, 0.2) is 0 Å². The van der Waals surface area contributed by atoms with Crippen LogP contribution in [-0.4, -0.2) is 11.6 Å². The minimum Gasteiger partial charge on any atom is -0.273 e. The summed E-state index contributed by atoms with van der Waals surface area (Å²) in [5.74, 6) is -0.0519. The van der Waals surface area contributed by atoms with Gasteiger partial charge in [-0.2, -0.15) is 5.10 Å². The zero-order valence-corrected chi connectivity index (χ0v) is 9.45. The highest BCUT2D eigenvalue weighted by Gasteiger charge is 2.13. The largest absolute Gasteiger partial charge is 0.273 e. The van der Waals surface area contributed by atoms with Crippen LogP contribution in [0.1, 0.15) is 24.5 Å². The van der Waals surface area contributed by atoms with Crippen molar-refractivity contribution in [3.8, 4) is 0 Å². The van der Waals surface area contributed by atoms with Gasteiger partial charge in [-0.1, -0.05) is 29.8 Å². The Morgan fingerprint density at radius 1 is 1.25 bits per heavy atom. The Balaban J connectivity index is 2.29. The normalized spacial score (nSPS) is 18.2. The molecule has 0 aromatic heterocycles. The Morgan fingerprint density at radius 2 is 1.94 bits per heavy atom. The number of hydrogen-bond acceptors (Lipinski definition) is 2. The number of amides is 1. The number of carbonyl (C=O) groups is 1. The summed E-state index contributed by atoms with van der Waals surface area (Å²) in [6, 6.07) is 8.20. The van der Waals surface area contributed by atoms with Gasteiger partial charge in [0.25, 0.3) is 0 Å². The van der Waals surface area contributed by atoms with Crippen LogP contribution >= 0.6 is 0 Å². The van der Waals surface area contributed by atoms with Gasteiger partial charge >= 0.3 is 0 Å². The molecule has 1 aliphatic heterocycles. The van der Waals surface area contributed by atoms with Crippen molar-refractivity contribution in [2.45, 2.75) is 20.3 Å². The van der Waals surface area contributed by atoms with Gasteiger partial charge in [-0.05, 0) is 31.1 Å². The van der Waals surface area contributed by atoms with Crippen LogP contribution < -0.4 is 5.43 Å². The van der Waals surface area contributed by atoms with Gasteiger partial charge in [-0.15, -0.1) is 0 Å². The lowest BCUT2D eigenvalue weighted by Gasteiger charge is -2.12. The number of nitrogens with zero attached hydrogens (tertiary/aromatic N) is 1. The van der Waals surface area contributed by atoms with Crippen LogP contribution in [-0.2, 0) is 4.79 Å². The van der Waals surface area contributed by atoms with Crippen molar-refractivity contribution < 1.29 is 4.79 Å². The first-order valence-electron chi connectivity index (χ1n) is 5.26. The second-order valence-electron chi connectivity index (χ2n) is 3.99. The van der Waals surface area contributed by atoms with E-state index >= 15 is 0 Å². The number of hydrazone groups is 1. The van der Waals surface area contributed by atoms with Crippen LogP contribution in [0.2, 0.25) is 0 Å². The molecule has 0 spiro atoms. The molecular formula is C13H14N2O. The predicted octanol–water partition coefficient (Wildman–Crippen LogP) is 2.27. The second kappa shape index (κ2) is 4.31. The van der Waals surface area contributed by atoms with E-state index in [0.717, 1.165) is 16.8 Å². The molecule has 3 heteroatoms. The molecule has 0 bridgehead atoms. The number of nitrogens with one attached hydrogen (secondary N) is 1. The zero-order chi connectivity index (χ0) is 11.5. The Labute approximate surface area is 94.9 Å². The molecule has 1 aliphatic rings. The molecule has 1 amide bonds. The maximum atomic E-state index is 11.2. The van der Waals surface area contributed by atoms with Gasteiger partial charge in [-0.3, -0.25) is 4.79 Å². The molecule has 82 valence electrons. The van der Waals surface area contributed by atoms with Crippen molar-refractivity contribution in [1.82, 2.24) is 5.43 Å². The molecule has 0 saturated carbocycles. The monoisotopic (exact) mass is 214 g/mol. The Kier molecular flexibility index (Phi) is 2.86. The van der Waals surface area contributed by atoms with E-state index in [1.54, 1.807) is 0 Å². The first kappa shape index (κ1) is 10.6. The van der Waals surface area contributed by atoms with Gasteiger partial charge in [0.1, 0.15) is 0 Å². The topological polar surface area (TPSA) is 41.5 Å². The van der Waals surface area contributed by atoms with Crippen molar-refractivity contribution in [1.29, 1.82) is 0 Å². The molecule has 0 aliphatic carbocycles. The average molecular weight is 214 g/mol. The summed E-state index contributed by atoms with van der Waals surface area (Å²) >= 11 is 0. The van der Waals surface area contributed by atoms with Crippen LogP contribution in [0.25, 0.3) is 6.08 Å². The zero-order valence-electron chi connectivity index (χ0n) is 9.45. The Bertz CT molecular complexity index is 469. The van der Waals surface area contributed by atoms with E-state index in [9.17, 15) is 4.79 Å². The van der Waals surface area contributed by atoms with Gasteiger partial charge in [0.05, 0.1) is 12.1 Å². The maximum Gasteiger partial charge on any atom is 0.244 e. The number of hydrogen-bond donors (Lipinski definition) is 1. The molecule has 0 atom stereocenters. The SMILES string of the molecule is CC1=NNC(=O)C/C1=C/c1ccc(C)cc1. The van der Waals surface area contributed by atoms with Gasteiger partial charge in [0, 0.05) is 0 Å². The maximum absolute atomic E-state index is 11.2. The highest BCUT2D eigenvalue weighted by molar-refractivity contribution is 6.08. The minimum atomic E-state index is -0.0519. The molecule has 1 aromatic carbocycles. The number of carbonyl (C=O) groups excluding carboxylic acids is 1. The molecule has 0 unspecified atom stereocenters. The van der Waals surface area contributed by atoms with Crippen molar-refractivity contribution in [3.63, 3.8) is 0 Å². The smallest absolute Gasteiger partial charge is 0.244 e. The van der Waals surface area contributed by atoms with E-state index < -0.39 is 0 Å². The summed E-state index contributed by atoms with van der Waals surface area (Å²) in [7, 11) is 0. The van der Waals surface area contributed by atoms with Gasteiger partial charge < -0.3 is 0 Å². The van der Waals surface area contributed by atoms with Crippen LogP contribution in [0, 0.1) is 6.92 Å². The van der Waals surface area contributed by atoms with E-state index in [0.29, 0.717) is 6.42 Å². The molecule has 1 N–H and O–H groups in total. The fourth-order valence-corrected chi connectivity index (χ4v) is 1.58. The quantitative estimate of drug-likeness (QED) is 0.765. The fraction of sp³-hybridized carbons (Fsp3) is 0.231. The lowest BCUT2D eigenvalue weighted by atomic mass is 10.0. The Morgan fingerprint density at radius 3 is 2.62 bits per heavy atom. The lowest BCUT2D eigenvalue weighted by molar-refractivity contribution is -0.120. The van der Waals surface area contributed by atoms with Crippen molar-refractivity contribution in [3.05, 3.63) is 41.0 Å². The van der Waals surface area contributed by atoms with E-state index in [1.165, 1.54) is 5.56 Å². The first-order chi connectivity index (χ1) is 7.65. The molecular weight excluding hydrogens is 200 g/mol. The second-order valence-corrected chi connectivity index (χ2v) is 3.99. The van der Waals surface area contributed by atoms with Crippen LogP contribution in [0.3, 0.4) is 0 Å². The third-order valence-electron chi connectivity index (χ3n) is 2.58. The summed E-state index contributed by atoms with van der Waals surface area (Å²) in [6.07, 6.45) is 2.42. The fourth-order valence-electron chi connectivity index (χ4n) is 1.58. The van der Waals surface area contributed by atoms with Gasteiger partial charge in [0.2, 0.25) is 5.91 Å². The van der Waals surface area contributed by atoms with E-state index in [2.05, 4.69) is 29.6 Å². The van der Waals surface area contributed by atoms with Crippen molar-refractivity contribution in [2.75, 3.05) is 0 Å². The number of rotatable bonds is 1. The molecule has 2 rings (SSSR count). The molecule has 0 radical (unpaired) electrons. The summed E-state index contributed by atoms with van der Waals surface area (Å²) in [5, 5.41) is 3.95. The summed E-state index contributed by atoms with van der Waals surface area (Å²) in [5.41, 5.74) is 6.65. The van der Waals surface area contributed by atoms with E-state index in [1.807, 2.05) is 25.1 Å². The van der Waals surface area contributed by atoms with Crippen LogP contribution in [0.4, 0.5) is 0 Å². The third-order valence-corrected chi connectivity index (χ3v) is 2.58. The Hall–Kier alpha value is -1.90. The number of benzene rings is 1. The van der Waals surface area contributed by atoms with E-state index in [-0.39, 0.29) is 5.91 Å². The van der Waals surface area contributed by atoms with E-state index in [4.69, 9.17) is 0 Å². The van der Waals surface area contributed by atoms with Crippen LogP contribution in [0.15, 0.2) is 34.9 Å². The minimum absolute atomic E-state index is 0.0519. The summed E-state index contributed by atoms with van der Waals surface area (Å²) in [4.78, 5) is 11.2. The lowest BCUT2D eigenvalue weighted by Crippen LogP contribution is -2.26. The molecule has 1 aromatic rings. The summed E-state index contributed by atoms with van der Waals surface area (Å²) < 4.78 is 0. The summed E-state index contributed by atoms with van der Waals surface area (Å²) in [6.45, 7) is 3.96. The van der Waals surface area contributed by atoms with Crippen molar-refractivity contribution in [2.24, 2.45) is 5.10 Å². The van der Waals surface area contributed by atoms with Crippen LogP contribution in [0.5, 0.6) is 0 Å². The van der Waals surface area contributed by atoms with Gasteiger partial charge in [-0.25, -0.2) is 5.43 Å². The standard InChI is InChI=1S/C13H14N2O/c1-9-3-5-11(6-4-9)7-12-8-13(16)15-14-10(12)2/h3-7H,8H2,1-2H3,(H,15,16)/b12-7-. The average Bonchev–Trinajstić information content (AvgIpc) is 2.27. The highest BCUT2D eigenvalue weighted by atomic mass is 16.2. The molecule has 0 saturated heterocycles. The molecule has 3 nitrogen and oxygen atoms in total. The molecule has 0 fully saturated rings. The first-order valence-corrected chi connectivity index (χ1v) is 5.26.